The molecule has 0 saturated heterocycles. The van der Waals surface area contributed by atoms with Crippen LogP contribution in [0.15, 0.2) is 53.1 Å². The summed E-state index contributed by atoms with van der Waals surface area (Å²) in [6, 6.07) is 12.3. The molecule has 2 heterocycles. The predicted octanol–water partition coefficient (Wildman–Crippen LogP) is 3.73. The molecule has 0 bridgehead atoms. The van der Waals surface area contributed by atoms with Crippen LogP contribution in [0.3, 0.4) is 0 Å². The summed E-state index contributed by atoms with van der Waals surface area (Å²) in [5, 5.41) is 4.02. The molecular formula is C14H9ClN2O2. The van der Waals surface area contributed by atoms with Gasteiger partial charge in [-0.1, -0.05) is 29.8 Å². The molecular weight excluding hydrogens is 264 g/mol. The highest BCUT2D eigenvalue weighted by molar-refractivity contribution is 6.30. The number of benzene rings is 1. The number of nitrogens with zero attached hydrogens (tertiary/aromatic N) is 1. The third kappa shape index (κ3) is 2.44. The Morgan fingerprint density at radius 2 is 2.05 bits per heavy atom. The van der Waals surface area contributed by atoms with Gasteiger partial charge in [0, 0.05) is 16.6 Å². The predicted molar refractivity (Wildman–Crippen MR) is 73.4 cm³/mol. The van der Waals surface area contributed by atoms with E-state index in [2.05, 4.69) is 10.3 Å². The van der Waals surface area contributed by atoms with Crippen LogP contribution in [0.5, 0.6) is 0 Å². The van der Waals surface area contributed by atoms with E-state index in [0.717, 1.165) is 5.39 Å². The molecule has 0 unspecified atom stereocenters. The lowest BCUT2D eigenvalue weighted by molar-refractivity contribution is 0.0998. The Labute approximate surface area is 114 Å². The van der Waals surface area contributed by atoms with Crippen molar-refractivity contribution in [3.63, 3.8) is 0 Å². The maximum absolute atomic E-state index is 12.0. The van der Waals surface area contributed by atoms with E-state index < -0.39 is 0 Å². The highest BCUT2D eigenvalue weighted by Gasteiger charge is 2.12. The van der Waals surface area contributed by atoms with Crippen LogP contribution in [0.4, 0.5) is 5.82 Å². The molecule has 0 aliphatic heterocycles. The lowest BCUT2D eigenvalue weighted by Gasteiger charge is -2.01. The number of halogens is 1. The Hall–Kier alpha value is -2.33. The molecule has 0 spiro atoms. The fourth-order valence-electron chi connectivity index (χ4n) is 1.74. The van der Waals surface area contributed by atoms with Crippen molar-refractivity contribution in [3.8, 4) is 0 Å². The van der Waals surface area contributed by atoms with Gasteiger partial charge in [0.15, 0.2) is 5.76 Å². The number of amides is 1. The van der Waals surface area contributed by atoms with E-state index in [1.807, 2.05) is 24.3 Å². The topological polar surface area (TPSA) is 55.1 Å². The number of carbonyl (C=O) groups is 1. The van der Waals surface area contributed by atoms with Crippen LogP contribution in [-0.2, 0) is 0 Å². The van der Waals surface area contributed by atoms with E-state index in [1.54, 1.807) is 18.2 Å². The van der Waals surface area contributed by atoms with Gasteiger partial charge in [-0.05, 0) is 24.3 Å². The minimum Gasteiger partial charge on any atom is -0.451 e. The molecule has 0 aliphatic rings. The van der Waals surface area contributed by atoms with Crippen LogP contribution in [0.25, 0.3) is 11.0 Å². The molecule has 0 saturated carbocycles. The van der Waals surface area contributed by atoms with Crippen molar-refractivity contribution in [2.45, 2.75) is 0 Å². The van der Waals surface area contributed by atoms with Gasteiger partial charge < -0.3 is 9.73 Å². The third-order valence-electron chi connectivity index (χ3n) is 2.61. The van der Waals surface area contributed by atoms with Crippen LogP contribution in [0, 0.1) is 0 Å². The molecule has 0 atom stereocenters. The van der Waals surface area contributed by atoms with Gasteiger partial charge in [-0.2, -0.15) is 0 Å². The number of fused-ring (bicyclic) bond motifs is 1. The van der Waals surface area contributed by atoms with Crippen LogP contribution in [-0.4, -0.2) is 10.9 Å². The number of furan rings is 1. The van der Waals surface area contributed by atoms with Gasteiger partial charge in [0.1, 0.15) is 11.4 Å². The van der Waals surface area contributed by atoms with Gasteiger partial charge >= 0.3 is 0 Å². The average Bonchev–Trinajstić information content (AvgIpc) is 2.82. The van der Waals surface area contributed by atoms with E-state index in [4.69, 9.17) is 16.0 Å². The summed E-state index contributed by atoms with van der Waals surface area (Å²) >= 11 is 5.82. The van der Waals surface area contributed by atoms with Gasteiger partial charge in [0.25, 0.3) is 5.91 Å². The lowest BCUT2D eigenvalue weighted by atomic mass is 10.2. The summed E-state index contributed by atoms with van der Waals surface area (Å²) in [4.78, 5) is 16.0. The number of carbonyl (C=O) groups excluding carboxylic acids is 1. The molecule has 0 aliphatic carbocycles. The molecule has 0 fully saturated rings. The summed E-state index contributed by atoms with van der Waals surface area (Å²) in [5.41, 5.74) is 0.673. The van der Waals surface area contributed by atoms with Crippen molar-refractivity contribution >= 4 is 34.3 Å². The maximum atomic E-state index is 12.0. The first-order valence-corrected chi connectivity index (χ1v) is 6.02. The molecule has 1 N–H and O–H groups in total. The van der Waals surface area contributed by atoms with Gasteiger partial charge in [0.2, 0.25) is 0 Å². The molecule has 94 valence electrons. The zero-order valence-corrected chi connectivity index (χ0v) is 10.5. The molecule has 3 rings (SSSR count). The summed E-state index contributed by atoms with van der Waals surface area (Å²) in [5.74, 6) is 0.270. The van der Waals surface area contributed by atoms with Crippen LogP contribution >= 0.6 is 11.6 Å². The SMILES string of the molecule is O=C(Nc1cc(Cl)ccn1)c1cc2ccccc2o1. The lowest BCUT2D eigenvalue weighted by Crippen LogP contribution is -2.11. The van der Waals surface area contributed by atoms with Crippen molar-refractivity contribution in [2.75, 3.05) is 5.32 Å². The number of pyridine rings is 1. The second-order valence-corrected chi connectivity index (χ2v) is 4.40. The molecule has 1 aromatic carbocycles. The Balaban J connectivity index is 1.87. The second-order valence-electron chi connectivity index (χ2n) is 3.96. The van der Waals surface area contributed by atoms with Crippen LogP contribution < -0.4 is 5.32 Å². The summed E-state index contributed by atoms with van der Waals surface area (Å²) < 4.78 is 5.46. The summed E-state index contributed by atoms with van der Waals surface area (Å²) in [7, 11) is 0. The zero-order chi connectivity index (χ0) is 13.2. The Morgan fingerprint density at radius 1 is 1.21 bits per heavy atom. The van der Waals surface area contributed by atoms with Crippen LogP contribution in [0.2, 0.25) is 5.02 Å². The van der Waals surface area contributed by atoms with E-state index in [9.17, 15) is 4.79 Å². The molecule has 1 amide bonds. The van der Waals surface area contributed by atoms with E-state index in [1.165, 1.54) is 6.20 Å². The maximum Gasteiger partial charge on any atom is 0.292 e. The highest BCUT2D eigenvalue weighted by atomic mass is 35.5. The first kappa shape index (κ1) is 11.7. The number of hydrogen-bond acceptors (Lipinski definition) is 3. The Kier molecular flexibility index (Phi) is 2.93. The smallest absolute Gasteiger partial charge is 0.292 e. The van der Waals surface area contributed by atoms with Crippen molar-refractivity contribution in [1.29, 1.82) is 0 Å². The van der Waals surface area contributed by atoms with Gasteiger partial charge in [0.05, 0.1) is 0 Å². The minimum absolute atomic E-state index is 0.239. The fourth-order valence-corrected chi connectivity index (χ4v) is 1.90. The standard InChI is InChI=1S/C14H9ClN2O2/c15-10-5-6-16-13(8-10)17-14(18)12-7-9-3-1-2-4-11(9)19-12/h1-8H,(H,16,17,18). The summed E-state index contributed by atoms with van der Waals surface area (Å²) in [6.45, 7) is 0. The molecule has 4 nitrogen and oxygen atoms in total. The average molecular weight is 273 g/mol. The van der Waals surface area contributed by atoms with E-state index in [0.29, 0.717) is 16.4 Å². The third-order valence-corrected chi connectivity index (χ3v) is 2.85. The number of hydrogen-bond donors (Lipinski definition) is 1. The molecule has 19 heavy (non-hydrogen) atoms. The highest BCUT2D eigenvalue weighted by Crippen LogP contribution is 2.20. The minimum atomic E-state index is -0.356. The van der Waals surface area contributed by atoms with Crippen LogP contribution in [0.1, 0.15) is 10.6 Å². The molecule has 2 aromatic heterocycles. The van der Waals surface area contributed by atoms with Crippen molar-refractivity contribution in [2.24, 2.45) is 0 Å². The second kappa shape index (κ2) is 4.74. The van der Waals surface area contributed by atoms with Crippen molar-refractivity contribution in [3.05, 3.63) is 59.4 Å². The first-order chi connectivity index (χ1) is 9.22. The number of aromatic nitrogens is 1. The Morgan fingerprint density at radius 3 is 2.84 bits per heavy atom. The monoisotopic (exact) mass is 272 g/mol. The number of anilines is 1. The summed E-state index contributed by atoms with van der Waals surface area (Å²) in [6.07, 6.45) is 1.52. The van der Waals surface area contributed by atoms with Gasteiger partial charge in [-0.25, -0.2) is 4.98 Å². The largest absolute Gasteiger partial charge is 0.451 e. The first-order valence-electron chi connectivity index (χ1n) is 5.64. The van der Waals surface area contributed by atoms with Gasteiger partial charge in [-0.3, -0.25) is 4.79 Å². The fraction of sp³-hybridized carbons (Fsp3) is 0. The van der Waals surface area contributed by atoms with Crippen molar-refractivity contribution < 1.29 is 9.21 Å². The normalized spacial score (nSPS) is 10.6. The molecule has 0 radical (unpaired) electrons. The van der Waals surface area contributed by atoms with E-state index in [-0.39, 0.29) is 11.7 Å². The molecule has 5 heteroatoms. The number of para-hydroxylation sites is 1. The quantitative estimate of drug-likeness (QED) is 0.773. The molecule has 3 aromatic rings. The van der Waals surface area contributed by atoms with Gasteiger partial charge in [-0.15, -0.1) is 0 Å². The number of rotatable bonds is 2. The Bertz CT molecular complexity index is 719. The van der Waals surface area contributed by atoms with E-state index >= 15 is 0 Å². The number of nitrogens with one attached hydrogen (secondary N) is 1. The van der Waals surface area contributed by atoms with Crippen molar-refractivity contribution in [1.82, 2.24) is 4.98 Å². The zero-order valence-electron chi connectivity index (χ0n) is 9.76.